The zero-order valence-electron chi connectivity index (χ0n) is 10.6. The van der Waals surface area contributed by atoms with Gasteiger partial charge in [-0.15, -0.1) is 0 Å². The lowest BCUT2D eigenvalue weighted by Crippen LogP contribution is -2.42. The highest BCUT2D eigenvalue weighted by Crippen LogP contribution is 2.37. The maximum atomic E-state index is 9.66. The van der Waals surface area contributed by atoms with Gasteiger partial charge in [-0.25, -0.2) is 0 Å². The average Bonchev–Trinajstić information content (AvgIpc) is 2.46. The molecule has 0 radical (unpaired) electrons. The largest absolute Gasteiger partial charge is 0.416 e. The summed E-state index contributed by atoms with van der Waals surface area (Å²) in [5, 5.41) is 9.91. The van der Waals surface area contributed by atoms with Crippen LogP contribution in [0, 0.1) is 5.92 Å². The fraction of sp³-hybridized carbons (Fsp3) is 0.833. The molecule has 0 heterocycles. The van der Waals surface area contributed by atoms with E-state index in [0.717, 1.165) is 6.42 Å². The van der Waals surface area contributed by atoms with E-state index in [4.69, 9.17) is 4.43 Å². The molecule has 0 aromatic carbocycles. The van der Waals surface area contributed by atoms with Gasteiger partial charge in [-0.3, -0.25) is 0 Å². The molecule has 0 saturated carbocycles. The fourth-order valence-corrected chi connectivity index (χ4v) is 2.43. The second-order valence-corrected chi connectivity index (χ2v) is 10.8. The smallest absolute Gasteiger partial charge is 0.192 e. The zero-order chi connectivity index (χ0) is 11.7. The third-order valence-corrected chi connectivity index (χ3v) is 8.20. The molecule has 0 saturated heterocycles. The Morgan fingerprint density at radius 2 is 2.00 bits per heavy atom. The van der Waals surface area contributed by atoms with E-state index in [1.54, 1.807) is 0 Å². The van der Waals surface area contributed by atoms with E-state index in [1.165, 1.54) is 0 Å². The topological polar surface area (TPSA) is 29.5 Å². The van der Waals surface area contributed by atoms with Crippen molar-refractivity contribution in [2.24, 2.45) is 5.92 Å². The normalized spacial score (nSPS) is 27.3. The first-order chi connectivity index (χ1) is 6.74. The maximum Gasteiger partial charge on any atom is 0.192 e. The van der Waals surface area contributed by atoms with Crippen LogP contribution in [0.25, 0.3) is 0 Å². The van der Waals surface area contributed by atoms with Gasteiger partial charge in [-0.1, -0.05) is 32.9 Å². The Bertz CT molecular complexity index is 240. The van der Waals surface area contributed by atoms with Crippen LogP contribution in [0.2, 0.25) is 18.1 Å². The van der Waals surface area contributed by atoms with Crippen LogP contribution in [0.3, 0.4) is 0 Å². The summed E-state index contributed by atoms with van der Waals surface area (Å²) >= 11 is 0. The molecule has 88 valence electrons. The Kier molecular flexibility index (Phi) is 3.79. The average molecular weight is 228 g/mol. The first-order valence-corrected chi connectivity index (χ1v) is 8.63. The van der Waals surface area contributed by atoms with Gasteiger partial charge < -0.3 is 9.53 Å². The molecule has 1 aliphatic rings. The minimum absolute atomic E-state index is 0.208. The van der Waals surface area contributed by atoms with Crippen molar-refractivity contribution >= 4 is 8.32 Å². The fourth-order valence-electron chi connectivity index (χ4n) is 1.38. The van der Waals surface area contributed by atoms with Crippen molar-refractivity contribution in [2.75, 3.05) is 6.61 Å². The van der Waals surface area contributed by atoms with Crippen LogP contribution < -0.4 is 0 Å². The summed E-state index contributed by atoms with van der Waals surface area (Å²) in [5.74, 6) is 0.208. The molecule has 0 bridgehead atoms. The maximum absolute atomic E-state index is 9.66. The van der Waals surface area contributed by atoms with Crippen molar-refractivity contribution in [1.82, 2.24) is 0 Å². The lowest BCUT2D eigenvalue weighted by molar-refractivity contribution is 0.106. The molecule has 2 atom stereocenters. The second-order valence-electron chi connectivity index (χ2n) is 5.97. The van der Waals surface area contributed by atoms with Gasteiger partial charge in [0, 0.05) is 12.5 Å². The Morgan fingerprint density at radius 1 is 1.40 bits per heavy atom. The van der Waals surface area contributed by atoms with E-state index >= 15 is 0 Å². The van der Waals surface area contributed by atoms with Gasteiger partial charge in [0.15, 0.2) is 8.32 Å². The molecule has 1 N–H and O–H groups in total. The molecule has 2 nitrogen and oxygen atoms in total. The summed E-state index contributed by atoms with van der Waals surface area (Å²) < 4.78 is 6.08. The van der Waals surface area contributed by atoms with Crippen LogP contribution in [-0.2, 0) is 4.43 Å². The van der Waals surface area contributed by atoms with Crippen LogP contribution in [0.1, 0.15) is 27.2 Å². The van der Waals surface area contributed by atoms with Crippen LogP contribution in [0.15, 0.2) is 12.2 Å². The molecule has 1 rings (SSSR count). The minimum atomic E-state index is -1.65. The van der Waals surface area contributed by atoms with E-state index in [2.05, 4.69) is 39.9 Å². The van der Waals surface area contributed by atoms with Crippen molar-refractivity contribution in [1.29, 1.82) is 0 Å². The molecule has 15 heavy (non-hydrogen) atoms. The van der Waals surface area contributed by atoms with Crippen LogP contribution >= 0.6 is 0 Å². The number of hydrogen-bond donors (Lipinski definition) is 1. The SMILES string of the molecule is CC(C)(C)[Si](C)(C)OC[C@@H]1C=CC[C@@H]1O. The molecule has 0 aromatic rings. The third-order valence-electron chi connectivity index (χ3n) is 3.70. The lowest BCUT2D eigenvalue weighted by Gasteiger charge is -2.37. The predicted octanol–water partition coefficient (Wildman–Crippen LogP) is 2.95. The van der Waals surface area contributed by atoms with Gasteiger partial charge in [0.2, 0.25) is 0 Å². The van der Waals surface area contributed by atoms with Crippen molar-refractivity contribution in [3.05, 3.63) is 12.2 Å². The number of aliphatic hydroxyl groups is 1. The van der Waals surface area contributed by atoms with Crippen LogP contribution in [-0.4, -0.2) is 26.1 Å². The Hall–Kier alpha value is -0.123. The summed E-state index contributed by atoms with van der Waals surface area (Å²) in [7, 11) is -1.65. The number of aliphatic hydroxyl groups excluding tert-OH is 1. The summed E-state index contributed by atoms with van der Waals surface area (Å²) in [4.78, 5) is 0. The molecule has 0 amide bonds. The van der Waals surface area contributed by atoms with E-state index in [1.807, 2.05) is 6.08 Å². The lowest BCUT2D eigenvalue weighted by atomic mass is 10.1. The quantitative estimate of drug-likeness (QED) is 0.594. The van der Waals surface area contributed by atoms with Gasteiger partial charge in [0.25, 0.3) is 0 Å². The molecule has 0 aromatic heterocycles. The Labute approximate surface area is 94.5 Å². The third kappa shape index (κ3) is 3.16. The van der Waals surface area contributed by atoms with Crippen LogP contribution in [0.4, 0.5) is 0 Å². The first-order valence-electron chi connectivity index (χ1n) is 5.73. The Balaban J connectivity index is 2.46. The second kappa shape index (κ2) is 4.40. The zero-order valence-corrected chi connectivity index (χ0v) is 11.6. The van der Waals surface area contributed by atoms with E-state index < -0.39 is 8.32 Å². The first kappa shape index (κ1) is 12.9. The summed E-state index contributed by atoms with van der Waals surface area (Å²) in [6.07, 6.45) is 4.68. The van der Waals surface area contributed by atoms with Crippen molar-refractivity contribution in [3.8, 4) is 0 Å². The minimum Gasteiger partial charge on any atom is -0.416 e. The molecule has 0 fully saturated rings. The molecular formula is C12H24O2Si. The van der Waals surface area contributed by atoms with Gasteiger partial charge in [-0.2, -0.15) is 0 Å². The predicted molar refractivity (Wildman–Crippen MR) is 66.4 cm³/mol. The number of rotatable bonds is 3. The van der Waals surface area contributed by atoms with Gasteiger partial charge in [0.05, 0.1) is 6.10 Å². The highest BCUT2D eigenvalue weighted by Gasteiger charge is 2.38. The monoisotopic (exact) mass is 228 g/mol. The van der Waals surface area contributed by atoms with Crippen LogP contribution in [0.5, 0.6) is 0 Å². The Morgan fingerprint density at radius 3 is 2.40 bits per heavy atom. The van der Waals surface area contributed by atoms with Gasteiger partial charge >= 0.3 is 0 Å². The van der Waals surface area contributed by atoms with E-state index in [-0.39, 0.29) is 17.1 Å². The van der Waals surface area contributed by atoms with E-state index in [9.17, 15) is 5.11 Å². The van der Waals surface area contributed by atoms with Gasteiger partial charge in [0.1, 0.15) is 0 Å². The molecule has 1 aliphatic carbocycles. The number of hydrogen-bond acceptors (Lipinski definition) is 2. The highest BCUT2D eigenvalue weighted by molar-refractivity contribution is 6.74. The molecule has 0 unspecified atom stereocenters. The van der Waals surface area contributed by atoms with Gasteiger partial charge in [-0.05, 0) is 24.6 Å². The summed E-state index contributed by atoms with van der Waals surface area (Å²) in [6, 6.07) is 0. The van der Waals surface area contributed by atoms with Crippen molar-refractivity contribution in [2.45, 2.75) is 51.4 Å². The molecule has 0 spiro atoms. The molecular weight excluding hydrogens is 204 g/mol. The summed E-state index contributed by atoms with van der Waals surface area (Å²) in [6.45, 7) is 11.9. The molecule has 3 heteroatoms. The standard InChI is InChI=1S/C12H24O2Si/c1-12(2,3)15(4,5)14-9-10-7-6-8-11(10)13/h6-7,10-11,13H,8-9H2,1-5H3/t10-,11-/m0/s1. The van der Waals surface area contributed by atoms with Crippen molar-refractivity contribution in [3.63, 3.8) is 0 Å². The highest BCUT2D eigenvalue weighted by atomic mass is 28.4. The van der Waals surface area contributed by atoms with E-state index in [0.29, 0.717) is 6.61 Å². The molecule has 0 aliphatic heterocycles. The van der Waals surface area contributed by atoms with Crippen molar-refractivity contribution < 1.29 is 9.53 Å². The summed E-state index contributed by atoms with van der Waals surface area (Å²) in [5.41, 5.74) is 0.